The molecule has 2 N–H and O–H groups in total. The Morgan fingerprint density at radius 1 is 0.969 bits per heavy atom. The van der Waals surface area contributed by atoms with Crippen molar-refractivity contribution in [1.29, 1.82) is 0 Å². The molecule has 4 aromatic rings. The Morgan fingerprint density at radius 3 is 2.28 bits per heavy atom. The largest absolute Gasteiger partial charge is 0.350 e. The molecule has 0 aliphatic carbocycles. The number of hydrogen-bond acceptors (Lipinski definition) is 4. The van der Waals surface area contributed by atoms with Crippen molar-refractivity contribution in [2.75, 3.05) is 0 Å². The Bertz CT molecular complexity index is 1300. The van der Waals surface area contributed by atoms with Gasteiger partial charge in [-0.1, -0.05) is 72.3 Å². The topological polar surface area (TPSA) is 100 Å². The van der Waals surface area contributed by atoms with Crippen LogP contribution in [0.25, 0.3) is 22.4 Å². The number of halogens is 1. The van der Waals surface area contributed by atoms with Crippen LogP contribution in [0.1, 0.15) is 16.1 Å². The zero-order valence-electron chi connectivity index (χ0n) is 16.7. The smallest absolute Gasteiger partial charge is 0.288 e. The van der Waals surface area contributed by atoms with Crippen molar-refractivity contribution in [2.45, 2.75) is 0 Å². The van der Waals surface area contributed by atoms with Crippen molar-refractivity contribution in [2.24, 2.45) is 5.10 Å². The number of carbonyl (C=O) groups excluding carboxylic acids is 1. The second-order valence-electron chi connectivity index (χ2n) is 6.87. The number of hydrogen-bond donors (Lipinski definition) is 2. The maximum absolute atomic E-state index is 12.9. The molecule has 1 heterocycles. The highest BCUT2D eigenvalue weighted by molar-refractivity contribution is 6.33. The first-order valence-corrected chi connectivity index (χ1v) is 10.0. The average Bonchev–Trinajstić information content (AvgIpc) is 3.27. The van der Waals surface area contributed by atoms with Gasteiger partial charge in [0.15, 0.2) is 0 Å². The van der Waals surface area contributed by atoms with Gasteiger partial charge in [0.25, 0.3) is 11.6 Å². The van der Waals surface area contributed by atoms with Crippen LogP contribution in [0.4, 0.5) is 5.69 Å². The number of hydrazone groups is 1. The normalized spacial score (nSPS) is 10.9. The van der Waals surface area contributed by atoms with E-state index in [0.717, 1.165) is 22.4 Å². The summed E-state index contributed by atoms with van der Waals surface area (Å²) < 4.78 is 0. The fourth-order valence-electron chi connectivity index (χ4n) is 3.21. The van der Waals surface area contributed by atoms with E-state index in [1.807, 2.05) is 66.7 Å². The molecule has 0 radical (unpaired) electrons. The van der Waals surface area contributed by atoms with E-state index < -0.39 is 10.8 Å². The first kappa shape index (κ1) is 21.0. The molecule has 32 heavy (non-hydrogen) atoms. The zero-order valence-corrected chi connectivity index (χ0v) is 17.4. The number of nitrogens with zero attached hydrogens (tertiary/aromatic N) is 2. The van der Waals surface area contributed by atoms with Gasteiger partial charge >= 0.3 is 0 Å². The molecular formula is C24H17ClN4O3. The quantitative estimate of drug-likeness (QED) is 0.227. The summed E-state index contributed by atoms with van der Waals surface area (Å²) in [5.74, 6) is -0.455. The van der Waals surface area contributed by atoms with Crippen molar-refractivity contribution >= 4 is 29.4 Å². The van der Waals surface area contributed by atoms with Gasteiger partial charge in [-0.3, -0.25) is 14.9 Å². The minimum absolute atomic E-state index is 0.120. The number of carbonyl (C=O) groups is 1. The van der Waals surface area contributed by atoms with Crippen molar-refractivity contribution in [3.63, 3.8) is 0 Å². The summed E-state index contributed by atoms with van der Waals surface area (Å²) in [6.45, 7) is 0. The summed E-state index contributed by atoms with van der Waals surface area (Å²) in [6, 6.07) is 25.1. The molecule has 0 atom stereocenters. The molecule has 8 heteroatoms. The Balaban J connectivity index is 1.63. The Hall–Kier alpha value is -4.23. The molecule has 0 fully saturated rings. The lowest BCUT2D eigenvalue weighted by molar-refractivity contribution is -0.384. The molecule has 0 saturated carbocycles. The van der Waals surface area contributed by atoms with Gasteiger partial charge in [-0.15, -0.1) is 0 Å². The number of nitro groups is 1. The number of non-ortho nitro benzene ring substituents is 1. The number of H-pyrrole nitrogens is 1. The van der Waals surface area contributed by atoms with Gasteiger partial charge in [-0.2, -0.15) is 5.10 Å². The second-order valence-corrected chi connectivity index (χ2v) is 7.27. The predicted octanol–water partition coefficient (Wildman–Crippen LogP) is 5.67. The summed E-state index contributed by atoms with van der Waals surface area (Å²) in [4.78, 5) is 26.6. The Morgan fingerprint density at radius 2 is 1.62 bits per heavy atom. The van der Waals surface area contributed by atoms with E-state index in [1.165, 1.54) is 24.4 Å². The van der Waals surface area contributed by atoms with E-state index in [0.29, 0.717) is 11.3 Å². The standard InChI is InChI=1S/C24H17ClN4O3/c25-21-12-11-19(29(31)32)13-18(21)15-26-28-24(30)23-20(16-7-3-1-4-8-16)14-22(27-23)17-9-5-2-6-10-17/h1-15,27H,(H,28,30). The van der Waals surface area contributed by atoms with Gasteiger partial charge in [-0.05, 0) is 23.3 Å². The molecule has 0 saturated heterocycles. The van der Waals surface area contributed by atoms with E-state index in [2.05, 4.69) is 15.5 Å². The fourth-order valence-corrected chi connectivity index (χ4v) is 3.38. The summed E-state index contributed by atoms with van der Waals surface area (Å²) in [5.41, 5.74) is 6.35. The van der Waals surface area contributed by atoms with Crippen LogP contribution in [0, 0.1) is 10.1 Å². The Labute approximate surface area is 188 Å². The number of benzene rings is 3. The van der Waals surface area contributed by atoms with Crippen molar-refractivity contribution in [3.05, 3.63) is 111 Å². The molecule has 1 aromatic heterocycles. The van der Waals surface area contributed by atoms with Crippen LogP contribution >= 0.6 is 11.6 Å². The highest BCUT2D eigenvalue weighted by Crippen LogP contribution is 2.29. The molecule has 4 rings (SSSR count). The number of nitro benzene ring substituents is 1. The number of amides is 1. The summed E-state index contributed by atoms with van der Waals surface area (Å²) in [7, 11) is 0. The molecule has 0 aliphatic heterocycles. The van der Waals surface area contributed by atoms with E-state index >= 15 is 0 Å². The van der Waals surface area contributed by atoms with Crippen LogP contribution in [0.2, 0.25) is 5.02 Å². The molecule has 0 bridgehead atoms. The predicted molar refractivity (Wildman–Crippen MR) is 125 cm³/mol. The van der Waals surface area contributed by atoms with E-state index in [1.54, 1.807) is 0 Å². The molecule has 0 unspecified atom stereocenters. The van der Waals surface area contributed by atoms with Gasteiger partial charge in [0.1, 0.15) is 5.69 Å². The maximum atomic E-state index is 12.9. The maximum Gasteiger partial charge on any atom is 0.288 e. The molecule has 158 valence electrons. The van der Waals surface area contributed by atoms with E-state index in [9.17, 15) is 14.9 Å². The van der Waals surface area contributed by atoms with Crippen LogP contribution in [0.5, 0.6) is 0 Å². The molecule has 7 nitrogen and oxygen atoms in total. The van der Waals surface area contributed by atoms with Crippen LogP contribution in [0.3, 0.4) is 0 Å². The van der Waals surface area contributed by atoms with Gasteiger partial charge in [-0.25, -0.2) is 5.43 Å². The van der Waals surface area contributed by atoms with Gasteiger partial charge in [0.05, 0.1) is 11.1 Å². The average molecular weight is 445 g/mol. The van der Waals surface area contributed by atoms with Crippen LogP contribution < -0.4 is 5.43 Å². The van der Waals surface area contributed by atoms with Crippen molar-refractivity contribution in [1.82, 2.24) is 10.4 Å². The highest BCUT2D eigenvalue weighted by Gasteiger charge is 2.17. The number of aromatic nitrogens is 1. The summed E-state index contributed by atoms with van der Waals surface area (Å²) >= 11 is 6.08. The van der Waals surface area contributed by atoms with Crippen LogP contribution in [-0.4, -0.2) is 22.0 Å². The molecule has 3 aromatic carbocycles. The van der Waals surface area contributed by atoms with Crippen LogP contribution in [-0.2, 0) is 0 Å². The first-order chi connectivity index (χ1) is 15.5. The third kappa shape index (κ3) is 4.58. The van der Waals surface area contributed by atoms with E-state index in [-0.39, 0.29) is 10.7 Å². The second kappa shape index (κ2) is 9.28. The summed E-state index contributed by atoms with van der Waals surface area (Å²) in [5, 5.41) is 15.2. The zero-order chi connectivity index (χ0) is 22.5. The lowest BCUT2D eigenvalue weighted by Gasteiger charge is -2.03. The monoisotopic (exact) mass is 444 g/mol. The van der Waals surface area contributed by atoms with E-state index in [4.69, 9.17) is 11.6 Å². The number of aromatic amines is 1. The molecule has 0 aliphatic rings. The third-order valence-corrected chi connectivity index (χ3v) is 5.12. The molecule has 0 spiro atoms. The lowest BCUT2D eigenvalue weighted by atomic mass is 10.0. The third-order valence-electron chi connectivity index (χ3n) is 4.77. The SMILES string of the molecule is O=C(NN=Cc1cc([N+](=O)[O-])ccc1Cl)c1[nH]c(-c2ccccc2)cc1-c1ccccc1. The highest BCUT2D eigenvalue weighted by atomic mass is 35.5. The first-order valence-electron chi connectivity index (χ1n) is 9.64. The van der Waals surface area contributed by atoms with Gasteiger partial charge in [0.2, 0.25) is 0 Å². The van der Waals surface area contributed by atoms with Gasteiger partial charge < -0.3 is 4.98 Å². The number of rotatable bonds is 6. The van der Waals surface area contributed by atoms with Crippen LogP contribution in [0.15, 0.2) is 90.0 Å². The summed E-state index contributed by atoms with van der Waals surface area (Å²) in [6.07, 6.45) is 1.27. The lowest BCUT2D eigenvalue weighted by Crippen LogP contribution is -2.19. The number of nitrogens with one attached hydrogen (secondary N) is 2. The minimum Gasteiger partial charge on any atom is -0.350 e. The van der Waals surface area contributed by atoms with Crippen molar-refractivity contribution in [3.8, 4) is 22.4 Å². The van der Waals surface area contributed by atoms with Gasteiger partial charge in [0, 0.05) is 34.0 Å². The minimum atomic E-state index is -0.525. The molecule has 1 amide bonds. The fraction of sp³-hybridized carbons (Fsp3) is 0. The Kier molecular flexibility index (Phi) is 6.10. The van der Waals surface area contributed by atoms with Crippen molar-refractivity contribution < 1.29 is 9.72 Å². The molecular weight excluding hydrogens is 428 g/mol.